The predicted molar refractivity (Wildman–Crippen MR) is 83.6 cm³/mol. The van der Waals surface area contributed by atoms with Gasteiger partial charge >= 0.3 is 0 Å². The van der Waals surface area contributed by atoms with Crippen molar-refractivity contribution in [1.29, 1.82) is 0 Å². The normalized spacial score (nSPS) is 10.8. The monoisotopic (exact) mass is 326 g/mol. The molecule has 0 aromatic heterocycles. The van der Waals surface area contributed by atoms with Gasteiger partial charge in [-0.05, 0) is 54.0 Å². The number of amides is 1. The van der Waals surface area contributed by atoms with E-state index in [0.717, 1.165) is 36.1 Å². The van der Waals surface area contributed by atoms with Crippen LogP contribution < -0.4 is 5.32 Å². The van der Waals surface area contributed by atoms with Crippen molar-refractivity contribution in [2.24, 2.45) is 0 Å². The SMILES string of the molecule is CCCN(CC)CCNC(=O)c1cccc(C)c1Br. The maximum absolute atomic E-state index is 12.1. The van der Waals surface area contributed by atoms with E-state index in [0.29, 0.717) is 12.1 Å². The van der Waals surface area contributed by atoms with Crippen molar-refractivity contribution >= 4 is 21.8 Å². The fourth-order valence-electron chi connectivity index (χ4n) is 1.99. The number of nitrogens with zero attached hydrogens (tertiary/aromatic N) is 1. The predicted octanol–water partition coefficient (Wildman–Crippen LogP) is 3.22. The number of hydrogen-bond acceptors (Lipinski definition) is 2. The molecule has 3 nitrogen and oxygen atoms in total. The summed E-state index contributed by atoms with van der Waals surface area (Å²) in [7, 11) is 0. The molecule has 0 bridgehead atoms. The molecular weight excluding hydrogens is 304 g/mol. The molecule has 0 atom stereocenters. The third-order valence-electron chi connectivity index (χ3n) is 3.14. The standard InChI is InChI=1S/C15H23BrN2O/c1-4-10-18(5-2)11-9-17-15(19)13-8-6-7-12(3)14(13)16/h6-8H,4-5,9-11H2,1-3H3,(H,17,19). The Kier molecular flexibility index (Phi) is 7.10. The molecule has 0 aliphatic rings. The average molecular weight is 327 g/mol. The highest BCUT2D eigenvalue weighted by Crippen LogP contribution is 2.20. The molecule has 0 unspecified atom stereocenters. The van der Waals surface area contributed by atoms with Crippen LogP contribution in [0.15, 0.2) is 22.7 Å². The molecule has 1 aromatic rings. The van der Waals surface area contributed by atoms with Crippen LogP contribution in [0.3, 0.4) is 0 Å². The van der Waals surface area contributed by atoms with Crippen molar-refractivity contribution < 1.29 is 4.79 Å². The molecular formula is C15H23BrN2O. The van der Waals surface area contributed by atoms with Crippen LogP contribution in [0.5, 0.6) is 0 Å². The molecule has 4 heteroatoms. The highest BCUT2D eigenvalue weighted by molar-refractivity contribution is 9.10. The van der Waals surface area contributed by atoms with Crippen LogP contribution in [0.2, 0.25) is 0 Å². The number of carbonyl (C=O) groups excluding carboxylic acids is 1. The number of likely N-dealkylation sites (N-methyl/N-ethyl adjacent to an activating group) is 1. The van der Waals surface area contributed by atoms with Gasteiger partial charge in [0.1, 0.15) is 0 Å². The molecule has 1 aromatic carbocycles. The second-order valence-corrected chi connectivity index (χ2v) is 5.42. The molecule has 0 saturated carbocycles. The fourth-order valence-corrected chi connectivity index (χ4v) is 2.43. The van der Waals surface area contributed by atoms with Gasteiger partial charge in [-0.15, -0.1) is 0 Å². The Bertz CT molecular complexity index is 421. The lowest BCUT2D eigenvalue weighted by Gasteiger charge is -2.19. The summed E-state index contributed by atoms with van der Waals surface area (Å²) in [6.07, 6.45) is 1.14. The van der Waals surface area contributed by atoms with Gasteiger partial charge in [-0.3, -0.25) is 4.79 Å². The van der Waals surface area contributed by atoms with Crippen molar-refractivity contribution in [2.75, 3.05) is 26.2 Å². The van der Waals surface area contributed by atoms with Crippen molar-refractivity contribution in [3.05, 3.63) is 33.8 Å². The molecule has 19 heavy (non-hydrogen) atoms. The number of rotatable bonds is 7. The topological polar surface area (TPSA) is 32.3 Å². The van der Waals surface area contributed by atoms with Gasteiger partial charge in [0.25, 0.3) is 5.91 Å². The third kappa shape index (κ3) is 4.96. The first-order chi connectivity index (χ1) is 9.10. The minimum Gasteiger partial charge on any atom is -0.351 e. The van der Waals surface area contributed by atoms with Crippen molar-refractivity contribution in [1.82, 2.24) is 10.2 Å². The molecule has 0 fully saturated rings. The van der Waals surface area contributed by atoms with Crippen molar-refractivity contribution in [2.45, 2.75) is 27.2 Å². The van der Waals surface area contributed by atoms with Gasteiger partial charge in [0, 0.05) is 17.6 Å². The summed E-state index contributed by atoms with van der Waals surface area (Å²) >= 11 is 3.47. The van der Waals surface area contributed by atoms with Crippen LogP contribution in [-0.4, -0.2) is 37.0 Å². The first-order valence-electron chi connectivity index (χ1n) is 6.85. The summed E-state index contributed by atoms with van der Waals surface area (Å²) in [6.45, 7) is 10.0. The molecule has 1 rings (SSSR count). The summed E-state index contributed by atoms with van der Waals surface area (Å²) in [6, 6.07) is 5.74. The number of halogens is 1. The summed E-state index contributed by atoms with van der Waals surface area (Å²) in [5.41, 5.74) is 1.78. The minimum absolute atomic E-state index is 0.0110. The van der Waals surface area contributed by atoms with Gasteiger partial charge in [0.05, 0.1) is 5.56 Å². The number of benzene rings is 1. The van der Waals surface area contributed by atoms with Crippen LogP contribution in [-0.2, 0) is 0 Å². The Balaban J connectivity index is 2.49. The second-order valence-electron chi connectivity index (χ2n) is 4.63. The number of nitrogens with one attached hydrogen (secondary N) is 1. The molecule has 1 N–H and O–H groups in total. The molecule has 0 aliphatic heterocycles. The highest BCUT2D eigenvalue weighted by Gasteiger charge is 2.11. The quantitative estimate of drug-likeness (QED) is 0.834. The average Bonchev–Trinajstić information content (AvgIpc) is 2.40. The van der Waals surface area contributed by atoms with E-state index in [2.05, 4.69) is 40.0 Å². The van der Waals surface area contributed by atoms with Crippen LogP contribution in [0.1, 0.15) is 36.2 Å². The molecule has 106 valence electrons. The van der Waals surface area contributed by atoms with Gasteiger partial charge in [-0.2, -0.15) is 0 Å². The molecule has 0 radical (unpaired) electrons. The smallest absolute Gasteiger partial charge is 0.252 e. The van der Waals surface area contributed by atoms with Gasteiger partial charge in [-0.1, -0.05) is 26.0 Å². The number of aryl methyl sites for hydroxylation is 1. The van der Waals surface area contributed by atoms with E-state index in [1.165, 1.54) is 0 Å². The lowest BCUT2D eigenvalue weighted by Crippen LogP contribution is -2.35. The molecule has 1 amide bonds. The molecule has 0 spiro atoms. The molecule has 0 aliphatic carbocycles. The van der Waals surface area contributed by atoms with E-state index in [4.69, 9.17) is 0 Å². The van der Waals surface area contributed by atoms with Crippen molar-refractivity contribution in [3.8, 4) is 0 Å². The lowest BCUT2D eigenvalue weighted by atomic mass is 10.1. The summed E-state index contributed by atoms with van der Waals surface area (Å²) in [5.74, 6) is -0.0110. The minimum atomic E-state index is -0.0110. The van der Waals surface area contributed by atoms with E-state index in [1.54, 1.807) is 0 Å². The zero-order valence-corrected chi connectivity index (χ0v) is 13.6. The zero-order chi connectivity index (χ0) is 14.3. The Hall–Kier alpha value is -0.870. The Morgan fingerprint density at radius 3 is 2.68 bits per heavy atom. The van der Waals surface area contributed by atoms with Crippen LogP contribution in [0.25, 0.3) is 0 Å². The van der Waals surface area contributed by atoms with Gasteiger partial charge in [0.15, 0.2) is 0 Å². The fraction of sp³-hybridized carbons (Fsp3) is 0.533. The lowest BCUT2D eigenvalue weighted by molar-refractivity contribution is 0.0947. The highest BCUT2D eigenvalue weighted by atomic mass is 79.9. The van der Waals surface area contributed by atoms with Crippen LogP contribution >= 0.6 is 15.9 Å². The second kappa shape index (κ2) is 8.33. The van der Waals surface area contributed by atoms with E-state index in [9.17, 15) is 4.79 Å². The molecule has 0 heterocycles. The molecule has 0 saturated heterocycles. The summed E-state index contributed by atoms with van der Waals surface area (Å²) in [4.78, 5) is 14.4. The summed E-state index contributed by atoms with van der Waals surface area (Å²) < 4.78 is 0.883. The maximum Gasteiger partial charge on any atom is 0.252 e. The maximum atomic E-state index is 12.1. The largest absolute Gasteiger partial charge is 0.351 e. The zero-order valence-electron chi connectivity index (χ0n) is 12.0. The van der Waals surface area contributed by atoms with Gasteiger partial charge < -0.3 is 10.2 Å². The summed E-state index contributed by atoms with van der Waals surface area (Å²) in [5, 5.41) is 2.98. The Morgan fingerprint density at radius 1 is 1.32 bits per heavy atom. The Morgan fingerprint density at radius 2 is 2.05 bits per heavy atom. The number of hydrogen-bond donors (Lipinski definition) is 1. The van der Waals surface area contributed by atoms with E-state index >= 15 is 0 Å². The van der Waals surface area contributed by atoms with Crippen LogP contribution in [0, 0.1) is 6.92 Å². The van der Waals surface area contributed by atoms with Crippen LogP contribution in [0.4, 0.5) is 0 Å². The first kappa shape index (κ1) is 16.2. The third-order valence-corrected chi connectivity index (χ3v) is 4.19. The van der Waals surface area contributed by atoms with E-state index < -0.39 is 0 Å². The first-order valence-corrected chi connectivity index (χ1v) is 7.65. The van der Waals surface area contributed by atoms with Gasteiger partial charge in [-0.25, -0.2) is 0 Å². The van der Waals surface area contributed by atoms with Crippen molar-refractivity contribution in [3.63, 3.8) is 0 Å². The van der Waals surface area contributed by atoms with E-state index in [-0.39, 0.29) is 5.91 Å². The van der Waals surface area contributed by atoms with E-state index in [1.807, 2.05) is 25.1 Å². The number of carbonyl (C=O) groups is 1. The Labute approximate surface area is 124 Å². The van der Waals surface area contributed by atoms with Gasteiger partial charge in [0.2, 0.25) is 0 Å².